The van der Waals surface area contributed by atoms with Gasteiger partial charge in [-0.2, -0.15) is 0 Å². The van der Waals surface area contributed by atoms with Crippen molar-refractivity contribution in [2.45, 2.75) is 45.8 Å². The summed E-state index contributed by atoms with van der Waals surface area (Å²) in [6.07, 6.45) is 4.44. The van der Waals surface area contributed by atoms with E-state index in [2.05, 4.69) is 33.9 Å². The summed E-state index contributed by atoms with van der Waals surface area (Å²) in [7, 11) is 1.59. The number of aromatic nitrogens is 2. The molecule has 0 saturated carbocycles. The quantitative estimate of drug-likeness (QED) is 0.730. The Morgan fingerprint density at radius 1 is 1.32 bits per heavy atom. The van der Waals surface area contributed by atoms with Gasteiger partial charge in [-0.25, -0.2) is 4.98 Å². The highest BCUT2D eigenvalue weighted by atomic mass is 16.5. The number of likely N-dealkylation sites (tertiary alicyclic amines) is 1. The third kappa shape index (κ3) is 5.07. The van der Waals surface area contributed by atoms with Gasteiger partial charge in [0.15, 0.2) is 0 Å². The zero-order valence-electron chi connectivity index (χ0n) is 16.9. The summed E-state index contributed by atoms with van der Waals surface area (Å²) in [5.41, 5.74) is 2.61. The number of ether oxygens (including phenoxy) is 1. The van der Waals surface area contributed by atoms with Gasteiger partial charge in [-0.05, 0) is 31.4 Å². The Morgan fingerprint density at radius 3 is 2.79 bits per heavy atom. The van der Waals surface area contributed by atoms with Gasteiger partial charge in [-0.1, -0.05) is 37.6 Å². The maximum absolute atomic E-state index is 11.9. The molecule has 0 radical (unpaired) electrons. The number of hydrogen-bond donors (Lipinski definition) is 2. The van der Waals surface area contributed by atoms with Crippen molar-refractivity contribution in [2.75, 3.05) is 26.8 Å². The third-order valence-corrected chi connectivity index (χ3v) is 5.58. The lowest BCUT2D eigenvalue weighted by Crippen LogP contribution is -2.44. The number of H-pyrrole nitrogens is 1. The van der Waals surface area contributed by atoms with Crippen molar-refractivity contribution in [1.29, 1.82) is 0 Å². The second-order valence-electron chi connectivity index (χ2n) is 7.94. The number of benzene rings is 1. The number of hydrogen-bond acceptors (Lipinski definition) is 5. The van der Waals surface area contributed by atoms with Crippen LogP contribution in [-0.2, 0) is 17.9 Å². The Hall–Kier alpha value is -2.02. The Bertz CT molecular complexity index is 815. The molecule has 6 heteroatoms. The minimum atomic E-state index is -0.175. The molecule has 6 nitrogen and oxygen atoms in total. The van der Waals surface area contributed by atoms with Crippen molar-refractivity contribution in [3.63, 3.8) is 0 Å². The maximum Gasteiger partial charge on any atom is 0.251 e. The average molecular weight is 386 g/mol. The molecule has 2 aromatic rings. The minimum absolute atomic E-state index is 0.0537. The number of methoxy groups -OCH3 is 1. The van der Waals surface area contributed by atoms with Crippen molar-refractivity contribution in [3.8, 4) is 11.4 Å². The van der Waals surface area contributed by atoms with Gasteiger partial charge in [-0.15, -0.1) is 0 Å². The minimum Gasteiger partial charge on any atom is -0.396 e. The van der Waals surface area contributed by atoms with Crippen molar-refractivity contribution >= 4 is 0 Å². The first-order valence-corrected chi connectivity index (χ1v) is 10.1. The predicted molar refractivity (Wildman–Crippen MR) is 110 cm³/mol. The normalized spacial score (nSPS) is 20.4. The van der Waals surface area contributed by atoms with Crippen LogP contribution in [-0.4, -0.2) is 46.8 Å². The molecule has 1 aromatic carbocycles. The Labute approximate surface area is 166 Å². The molecule has 0 unspecified atom stereocenters. The van der Waals surface area contributed by atoms with Gasteiger partial charge in [0.2, 0.25) is 0 Å². The zero-order valence-corrected chi connectivity index (χ0v) is 16.9. The van der Waals surface area contributed by atoms with E-state index in [4.69, 9.17) is 4.74 Å². The smallest absolute Gasteiger partial charge is 0.251 e. The van der Waals surface area contributed by atoms with Crippen LogP contribution >= 0.6 is 0 Å². The summed E-state index contributed by atoms with van der Waals surface area (Å²) in [6.45, 7) is 5.67. The zero-order chi connectivity index (χ0) is 20.0. The van der Waals surface area contributed by atoms with E-state index in [9.17, 15) is 9.90 Å². The summed E-state index contributed by atoms with van der Waals surface area (Å²) in [5.74, 6) is 0.561. The van der Waals surface area contributed by atoms with Gasteiger partial charge in [0, 0.05) is 43.9 Å². The lowest BCUT2D eigenvalue weighted by Gasteiger charge is -2.42. The highest BCUT2D eigenvalue weighted by Crippen LogP contribution is 2.34. The summed E-state index contributed by atoms with van der Waals surface area (Å²) in [5, 5.41) is 9.93. The van der Waals surface area contributed by atoms with Crippen LogP contribution in [0.4, 0.5) is 0 Å². The number of piperidine rings is 1. The van der Waals surface area contributed by atoms with E-state index < -0.39 is 0 Å². The number of aliphatic hydroxyl groups is 1. The third-order valence-electron chi connectivity index (χ3n) is 5.58. The number of aromatic amines is 1. The fourth-order valence-corrected chi connectivity index (χ4v) is 4.28. The molecule has 152 valence electrons. The molecule has 2 N–H and O–H groups in total. The second-order valence-corrected chi connectivity index (χ2v) is 7.94. The topological polar surface area (TPSA) is 78.5 Å². The largest absolute Gasteiger partial charge is 0.396 e. The molecule has 3 rings (SSSR count). The highest BCUT2D eigenvalue weighted by molar-refractivity contribution is 5.55. The fourth-order valence-electron chi connectivity index (χ4n) is 4.28. The van der Waals surface area contributed by atoms with Crippen LogP contribution in [0.3, 0.4) is 0 Å². The van der Waals surface area contributed by atoms with Crippen molar-refractivity contribution in [2.24, 2.45) is 5.41 Å². The lowest BCUT2D eigenvalue weighted by molar-refractivity contribution is 0.0216. The molecule has 1 saturated heterocycles. The summed E-state index contributed by atoms with van der Waals surface area (Å²) in [4.78, 5) is 21.6. The molecular weight excluding hydrogens is 354 g/mol. The number of rotatable bonds is 8. The van der Waals surface area contributed by atoms with Crippen LogP contribution in [0.2, 0.25) is 0 Å². The highest BCUT2D eigenvalue weighted by Gasteiger charge is 2.33. The van der Waals surface area contributed by atoms with Gasteiger partial charge in [0.05, 0.1) is 12.3 Å². The molecule has 0 bridgehead atoms. The van der Waals surface area contributed by atoms with Crippen LogP contribution in [0, 0.1) is 5.41 Å². The van der Waals surface area contributed by atoms with Gasteiger partial charge in [-0.3, -0.25) is 9.69 Å². The van der Waals surface area contributed by atoms with Gasteiger partial charge < -0.3 is 14.8 Å². The fraction of sp³-hybridized carbons (Fsp3) is 0.545. The molecule has 2 heterocycles. The first-order valence-electron chi connectivity index (χ1n) is 10.1. The van der Waals surface area contributed by atoms with Gasteiger partial charge in [0.1, 0.15) is 5.82 Å². The maximum atomic E-state index is 11.9. The molecule has 1 aliphatic heterocycles. The molecule has 1 aromatic heterocycles. The monoisotopic (exact) mass is 385 g/mol. The average Bonchev–Trinajstić information content (AvgIpc) is 2.69. The SMILES string of the molecule is CCC[C@]1(CO)CCCN(Cc2ccc(-c3nc(COC)cc(=O)[nH]3)cc2)C1. The van der Waals surface area contributed by atoms with E-state index in [1.165, 1.54) is 11.6 Å². The molecule has 0 aliphatic carbocycles. The van der Waals surface area contributed by atoms with E-state index in [1.807, 2.05) is 12.1 Å². The van der Waals surface area contributed by atoms with Crippen molar-refractivity contribution in [3.05, 3.63) is 51.9 Å². The van der Waals surface area contributed by atoms with E-state index in [0.29, 0.717) is 18.1 Å². The first kappa shape index (κ1) is 20.7. The predicted octanol–water partition coefficient (Wildman–Crippen LogP) is 2.96. The molecule has 1 atom stereocenters. The molecule has 0 amide bonds. The molecule has 28 heavy (non-hydrogen) atoms. The summed E-state index contributed by atoms with van der Waals surface area (Å²) in [6, 6.07) is 9.64. The molecular formula is C22H31N3O3. The Morgan fingerprint density at radius 2 is 2.11 bits per heavy atom. The van der Waals surface area contributed by atoms with Gasteiger partial charge >= 0.3 is 0 Å². The number of nitrogens with zero attached hydrogens (tertiary/aromatic N) is 2. The van der Waals surface area contributed by atoms with Crippen molar-refractivity contribution < 1.29 is 9.84 Å². The summed E-state index contributed by atoms with van der Waals surface area (Å²) >= 11 is 0. The second kappa shape index (κ2) is 9.45. The Balaban J connectivity index is 1.70. The summed E-state index contributed by atoms with van der Waals surface area (Å²) < 4.78 is 5.08. The van der Waals surface area contributed by atoms with E-state index >= 15 is 0 Å². The van der Waals surface area contributed by atoms with Crippen LogP contribution < -0.4 is 5.56 Å². The van der Waals surface area contributed by atoms with Gasteiger partial charge in [0.25, 0.3) is 5.56 Å². The van der Waals surface area contributed by atoms with Crippen molar-refractivity contribution in [1.82, 2.24) is 14.9 Å². The first-order chi connectivity index (χ1) is 13.6. The van der Waals surface area contributed by atoms with Crippen LogP contribution in [0.5, 0.6) is 0 Å². The Kier molecular flexibility index (Phi) is 6.99. The molecule has 0 spiro atoms. The number of aliphatic hydroxyl groups excluding tert-OH is 1. The van der Waals surface area contributed by atoms with Crippen LogP contribution in [0.1, 0.15) is 43.9 Å². The molecule has 1 aliphatic rings. The van der Waals surface area contributed by atoms with Crippen LogP contribution in [0.15, 0.2) is 35.1 Å². The number of nitrogens with one attached hydrogen (secondary N) is 1. The van der Waals surface area contributed by atoms with E-state index in [0.717, 1.165) is 50.9 Å². The van der Waals surface area contributed by atoms with E-state index in [1.54, 1.807) is 7.11 Å². The molecule has 1 fully saturated rings. The standard InChI is InChI=1S/C22H31N3O3/c1-3-9-22(16-26)10-4-11-25(15-22)13-17-5-7-18(8-6-17)21-23-19(14-28-2)12-20(27)24-21/h5-8,12,26H,3-4,9-11,13-16H2,1-2H3,(H,23,24,27)/t22-/m0/s1. The lowest BCUT2D eigenvalue weighted by atomic mass is 9.77. The van der Waals surface area contributed by atoms with E-state index in [-0.39, 0.29) is 17.6 Å². The van der Waals surface area contributed by atoms with Crippen LogP contribution in [0.25, 0.3) is 11.4 Å².